The number of piperazine rings is 1. The van der Waals surface area contributed by atoms with Gasteiger partial charge in [-0.3, -0.25) is 14.4 Å². The Morgan fingerprint density at radius 1 is 0.893 bits per heavy atom. The molecule has 2 aliphatic rings. The number of carbonyl (C=O) groups is 3. The number of amides is 3. The molecule has 3 amide bonds. The summed E-state index contributed by atoms with van der Waals surface area (Å²) in [4.78, 5) is 40.2. The summed E-state index contributed by atoms with van der Waals surface area (Å²) in [6.07, 6.45) is 0. The van der Waals surface area contributed by atoms with Gasteiger partial charge in [0.15, 0.2) is 6.61 Å². The first-order valence-corrected chi connectivity index (χ1v) is 9.30. The van der Waals surface area contributed by atoms with Crippen LogP contribution in [0.15, 0.2) is 42.5 Å². The van der Waals surface area contributed by atoms with Gasteiger partial charge in [0.25, 0.3) is 17.7 Å². The Hall–Kier alpha value is -3.06. The van der Waals surface area contributed by atoms with E-state index in [0.717, 1.165) is 0 Å². The van der Waals surface area contributed by atoms with E-state index < -0.39 is 0 Å². The van der Waals surface area contributed by atoms with Crippen molar-refractivity contribution in [1.29, 1.82) is 0 Å². The normalized spacial score (nSPS) is 16.1. The molecule has 0 bridgehead atoms. The maximum Gasteiger partial charge on any atom is 0.262 e. The molecule has 1 fully saturated rings. The summed E-state index contributed by atoms with van der Waals surface area (Å²) in [5.41, 5.74) is 1.64. The molecule has 8 heteroatoms. The molecule has 7 nitrogen and oxygen atoms in total. The van der Waals surface area contributed by atoms with Crippen molar-refractivity contribution < 1.29 is 19.1 Å². The Labute approximate surface area is 166 Å². The van der Waals surface area contributed by atoms with Crippen LogP contribution in [0.5, 0.6) is 5.75 Å². The van der Waals surface area contributed by atoms with Crippen LogP contribution in [-0.4, -0.2) is 60.3 Å². The average molecular weight is 400 g/mol. The number of fused-ring (bicyclic) bond motifs is 1. The fourth-order valence-electron chi connectivity index (χ4n) is 3.28. The van der Waals surface area contributed by atoms with Crippen LogP contribution in [0.1, 0.15) is 20.7 Å². The monoisotopic (exact) mass is 399 g/mol. The molecule has 0 atom stereocenters. The fourth-order valence-corrected chi connectivity index (χ4v) is 3.40. The number of carbonyl (C=O) groups excluding carboxylic acids is 3. The lowest BCUT2D eigenvalue weighted by molar-refractivity contribution is -0.118. The average Bonchev–Trinajstić information content (AvgIpc) is 2.73. The number of rotatable bonds is 2. The summed E-state index contributed by atoms with van der Waals surface area (Å²) >= 11 is 5.87. The number of hydrogen-bond donors (Lipinski definition) is 1. The highest BCUT2D eigenvalue weighted by Crippen LogP contribution is 2.29. The third kappa shape index (κ3) is 3.66. The maximum absolute atomic E-state index is 12.8. The summed E-state index contributed by atoms with van der Waals surface area (Å²) in [5.74, 6) is 0.0821. The molecule has 4 rings (SSSR count). The molecule has 0 unspecified atom stereocenters. The number of hydrogen-bond acceptors (Lipinski definition) is 4. The Balaban J connectivity index is 1.39. The first-order valence-electron chi connectivity index (χ1n) is 8.92. The van der Waals surface area contributed by atoms with Gasteiger partial charge in [-0.15, -0.1) is 0 Å². The van der Waals surface area contributed by atoms with Crippen molar-refractivity contribution in [3.05, 3.63) is 58.6 Å². The minimum Gasteiger partial charge on any atom is -0.482 e. The highest BCUT2D eigenvalue weighted by molar-refractivity contribution is 6.30. The van der Waals surface area contributed by atoms with E-state index >= 15 is 0 Å². The molecular formula is C20H18ClN3O4. The van der Waals surface area contributed by atoms with E-state index in [1.807, 2.05) is 0 Å². The largest absolute Gasteiger partial charge is 0.482 e. The summed E-state index contributed by atoms with van der Waals surface area (Å²) in [7, 11) is 0. The van der Waals surface area contributed by atoms with E-state index in [4.69, 9.17) is 16.3 Å². The SMILES string of the molecule is O=C1COc2cc(C(=O)N3CCN(C(=O)c4ccc(Cl)cc4)CC3)ccc2N1. The molecule has 0 saturated carbocycles. The molecular weight excluding hydrogens is 382 g/mol. The van der Waals surface area contributed by atoms with Crippen LogP contribution < -0.4 is 10.1 Å². The van der Waals surface area contributed by atoms with Crippen molar-refractivity contribution in [1.82, 2.24) is 9.80 Å². The van der Waals surface area contributed by atoms with Gasteiger partial charge < -0.3 is 19.9 Å². The third-order valence-corrected chi connectivity index (χ3v) is 5.06. The molecule has 0 radical (unpaired) electrons. The Morgan fingerprint density at radius 2 is 1.46 bits per heavy atom. The van der Waals surface area contributed by atoms with Gasteiger partial charge >= 0.3 is 0 Å². The number of nitrogens with zero attached hydrogens (tertiary/aromatic N) is 2. The zero-order valence-electron chi connectivity index (χ0n) is 15.0. The van der Waals surface area contributed by atoms with Gasteiger partial charge in [0.1, 0.15) is 5.75 Å². The van der Waals surface area contributed by atoms with E-state index in [1.54, 1.807) is 52.3 Å². The summed E-state index contributed by atoms with van der Waals surface area (Å²) in [5, 5.41) is 3.29. The van der Waals surface area contributed by atoms with Crippen LogP contribution in [0.2, 0.25) is 5.02 Å². The van der Waals surface area contributed by atoms with E-state index in [-0.39, 0.29) is 24.3 Å². The van der Waals surface area contributed by atoms with Gasteiger partial charge in [-0.05, 0) is 42.5 Å². The quantitative estimate of drug-likeness (QED) is 0.840. The molecule has 2 aliphatic heterocycles. The zero-order valence-corrected chi connectivity index (χ0v) is 15.7. The topological polar surface area (TPSA) is 79.0 Å². The zero-order chi connectivity index (χ0) is 19.7. The van der Waals surface area contributed by atoms with Crippen LogP contribution in [-0.2, 0) is 4.79 Å². The maximum atomic E-state index is 12.8. The Morgan fingerprint density at radius 3 is 2.11 bits per heavy atom. The van der Waals surface area contributed by atoms with Crippen molar-refractivity contribution in [3.8, 4) is 5.75 Å². The highest BCUT2D eigenvalue weighted by atomic mass is 35.5. The van der Waals surface area contributed by atoms with Crippen LogP contribution >= 0.6 is 11.6 Å². The summed E-state index contributed by atoms with van der Waals surface area (Å²) in [6, 6.07) is 11.8. The predicted molar refractivity (Wildman–Crippen MR) is 104 cm³/mol. The Bertz CT molecular complexity index is 937. The van der Waals surface area contributed by atoms with Crippen LogP contribution in [0.25, 0.3) is 0 Å². The van der Waals surface area contributed by atoms with Gasteiger partial charge in [-0.1, -0.05) is 11.6 Å². The smallest absolute Gasteiger partial charge is 0.262 e. The highest BCUT2D eigenvalue weighted by Gasteiger charge is 2.26. The van der Waals surface area contributed by atoms with Gasteiger partial charge in [0, 0.05) is 42.3 Å². The van der Waals surface area contributed by atoms with E-state index in [2.05, 4.69) is 5.32 Å². The van der Waals surface area contributed by atoms with E-state index in [9.17, 15) is 14.4 Å². The number of benzene rings is 2. The lowest BCUT2D eigenvalue weighted by Crippen LogP contribution is -2.50. The van der Waals surface area contributed by atoms with Crippen LogP contribution in [0.4, 0.5) is 5.69 Å². The number of halogens is 1. The minimum atomic E-state index is -0.215. The van der Waals surface area contributed by atoms with Crippen molar-refractivity contribution in [3.63, 3.8) is 0 Å². The predicted octanol–water partition coefficient (Wildman–Crippen LogP) is 2.27. The summed E-state index contributed by atoms with van der Waals surface area (Å²) < 4.78 is 5.37. The van der Waals surface area contributed by atoms with Crippen LogP contribution in [0, 0.1) is 0 Å². The number of anilines is 1. The van der Waals surface area contributed by atoms with E-state index in [0.29, 0.717) is 53.8 Å². The number of nitrogens with one attached hydrogen (secondary N) is 1. The third-order valence-electron chi connectivity index (χ3n) is 4.81. The molecule has 144 valence electrons. The second kappa shape index (κ2) is 7.52. The van der Waals surface area contributed by atoms with Crippen molar-refractivity contribution >= 4 is 35.0 Å². The van der Waals surface area contributed by atoms with Gasteiger partial charge in [0.2, 0.25) is 0 Å². The Kier molecular flexibility index (Phi) is 4.92. The van der Waals surface area contributed by atoms with Gasteiger partial charge in [-0.25, -0.2) is 0 Å². The molecule has 2 heterocycles. The first kappa shape index (κ1) is 18.3. The fraction of sp³-hybridized carbons (Fsp3) is 0.250. The number of ether oxygens (including phenoxy) is 1. The van der Waals surface area contributed by atoms with Crippen molar-refractivity contribution in [2.75, 3.05) is 38.1 Å². The van der Waals surface area contributed by atoms with E-state index in [1.165, 1.54) is 0 Å². The molecule has 0 aromatic heterocycles. The lowest BCUT2D eigenvalue weighted by atomic mass is 10.1. The van der Waals surface area contributed by atoms with Crippen LogP contribution in [0.3, 0.4) is 0 Å². The van der Waals surface area contributed by atoms with Crippen molar-refractivity contribution in [2.24, 2.45) is 0 Å². The summed E-state index contributed by atoms with van der Waals surface area (Å²) in [6.45, 7) is 1.77. The second-order valence-electron chi connectivity index (χ2n) is 6.64. The minimum absolute atomic E-state index is 0.0594. The van der Waals surface area contributed by atoms with Gasteiger partial charge in [-0.2, -0.15) is 0 Å². The second-order valence-corrected chi connectivity index (χ2v) is 7.08. The standard InChI is InChI=1S/C20H18ClN3O4/c21-15-4-1-13(2-5-15)19(26)23-7-9-24(10-8-23)20(27)14-3-6-16-17(11-14)28-12-18(25)22-16/h1-6,11H,7-10,12H2,(H,22,25). The molecule has 1 saturated heterocycles. The van der Waals surface area contributed by atoms with Crippen molar-refractivity contribution in [2.45, 2.75) is 0 Å². The molecule has 1 N–H and O–H groups in total. The molecule has 28 heavy (non-hydrogen) atoms. The lowest BCUT2D eigenvalue weighted by Gasteiger charge is -2.35. The first-order chi connectivity index (χ1) is 13.5. The molecule has 2 aromatic rings. The molecule has 0 spiro atoms. The molecule has 2 aromatic carbocycles. The molecule has 0 aliphatic carbocycles. The van der Waals surface area contributed by atoms with Gasteiger partial charge in [0.05, 0.1) is 5.69 Å².